The number of rotatable bonds is 6. The zero-order valence-electron chi connectivity index (χ0n) is 18.4. The van der Waals surface area contributed by atoms with Crippen molar-refractivity contribution in [2.24, 2.45) is 0 Å². The van der Waals surface area contributed by atoms with Gasteiger partial charge < -0.3 is 14.5 Å². The van der Waals surface area contributed by atoms with E-state index < -0.39 is 15.8 Å². The lowest BCUT2D eigenvalue weighted by Crippen LogP contribution is -3.13. The Balaban J connectivity index is 1.41. The van der Waals surface area contributed by atoms with Crippen molar-refractivity contribution in [2.45, 2.75) is 18.4 Å². The zero-order chi connectivity index (χ0) is 23.4. The average molecular weight is 468 g/mol. The second-order valence-corrected chi connectivity index (χ2v) is 9.80. The molecule has 33 heavy (non-hydrogen) atoms. The maximum atomic E-state index is 13.6. The lowest BCUT2D eigenvalue weighted by Gasteiger charge is -2.32. The lowest BCUT2D eigenvalue weighted by atomic mass is 10.1. The van der Waals surface area contributed by atoms with E-state index in [4.69, 9.17) is 0 Å². The van der Waals surface area contributed by atoms with Gasteiger partial charge >= 0.3 is 0 Å². The van der Waals surface area contributed by atoms with Crippen LogP contribution in [0.15, 0.2) is 77.7 Å². The second kappa shape index (κ2) is 9.72. The molecule has 0 unspecified atom stereocenters. The van der Waals surface area contributed by atoms with Crippen molar-refractivity contribution in [3.05, 3.63) is 100 Å². The fourth-order valence-electron chi connectivity index (χ4n) is 4.01. The van der Waals surface area contributed by atoms with Gasteiger partial charge in [0.1, 0.15) is 22.4 Å². The Bertz CT molecular complexity index is 1240. The molecule has 0 atom stereocenters. The molecule has 0 aliphatic carbocycles. The largest absolute Gasteiger partial charge is 0.573 e. The first kappa shape index (κ1) is 22.9. The Hall–Kier alpha value is -3.23. The Morgan fingerprint density at radius 3 is 2.45 bits per heavy atom. The molecule has 1 heterocycles. The number of hydrogen-bond acceptors (Lipinski definition) is 3. The predicted molar refractivity (Wildman–Crippen MR) is 125 cm³/mol. The molecule has 1 aliphatic rings. The van der Waals surface area contributed by atoms with Crippen LogP contribution in [0.1, 0.15) is 21.5 Å². The van der Waals surface area contributed by atoms with Gasteiger partial charge in [-0.2, -0.15) is 0 Å². The molecule has 3 aromatic rings. The van der Waals surface area contributed by atoms with Crippen molar-refractivity contribution < 1.29 is 22.5 Å². The van der Waals surface area contributed by atoms with Crippen molar-refractivity contribution in [3.8, 4) is 0 Å². The van der Waals surface area contributed by atoms with Crippen LogP contribution >= 0.6 is 0 Å². The fraction of sp³-hybridized carbons (Fsp3) is 0.240. The topological polar surface area (TPSA) is 73.0 Å². The van der Waals surface area contributed by atoms with Gasteiger partial charge in [-0.05, 0) is 30.7 Å². The third kappa shape index (κ3) is 5.58. The molecule has 0 radical (unpaired) electrons. The summed E-state index contributed by atoms with van der Waals surface area (Å²) in [6, 6.07) is 20.1. The van der Waals surface area contributed by atoms with Crippen LogP contribution in [-0.2, 0) is 16.6 Å². The van der Waals surface area contributed by atoms with Crippen molar-refractivity contribution in [1.82, 2.24) is 4.90 Å². The summed E-state index contributed by atoms with van der Waals surface area (Å²) in [6.07, 6.45) is 0. The number of aryl methyl sites for hydroxylation is 1. The highest BCUT2D eigenvalue weighted by molar-refractivity contribution is 7.94. The van der Waals surface area contributed by atoms with Crippen LogP contribution in [0, 0.1) is 12.7 Å². The van der Waals surface area contributed by atoms with E-state index >= 15 is 0 Å². The SMILES string of the molecule is Cc1ccc(F)cc1S(=O)(=O)[N-]c1cccc(C(=O)N2CC[NH+](Cc3ccccc3)CC2)c1. The molecule has 3 aromatic carbocycles. The van der Waals surface area contributed by atoms with Crippen molar-refractivity contribution >= 4 is 21.6 Å². The highest BCUT2D eigenvalue weighted by Gasteiger charge is 2.24. The number of piperazine rings is 1. The normalized spacial score (nSPS) is 14.8. The minimum Gasteiger partial charge on any atom is -0.573 e. The highest BCUT2D eigenvalue weighted by Crippen LogP contribution is 2.30. The van der Waals surface area contributed by atoms with Crippen molar-refractivity contribution in [3.63, 3.8) is 0 Å². The number of nitrogens with one attached hydrogen (secondary N) is 1. The molecule has 0 aromatic heterocycles. The minimum atomic E-state index is -4.11. The van der Waals surface area contributed by atoms with Gasteiger partial charge in [-0.15, -0.1) is 5.69 Å². The number of carbonyl (C=O) groups excluding carboxylic acids is 1. The molecule has 6 nitrogen and oxygen atoms in total. The molecular weight excluding hydrogens is 441 g/mol. The number of halogens is 1. The molecule has 1 aliphatic heterocycles. The molecule has 0 spiro atoms. The van der Waals surface area contributed by atoms with Crippen LogP contribution in [0.4, 0.5) is 10.1 Å². The molecule has 1 N–H and O–H groups in total. The number of hydrogen-bond donors (Lipinski definition) is 1. The van der Waals surface area contributed by atoms with E-state index in [0.29, 0.717) is 24.2 Å². The van der Waals surface area contributed by atoms with Crippen LogP contribution in [0.3, 0.4) is 0 Å². The van der Waals surface area contributed by atoms with E-state index in [2.05, 4.69) is 16.9 Å². The number of nitrogens with zero attached hydrogens (tertiary/aromatic N) is 2. The standard InChI is InChI=1S/C25H25FN3O3S/c1-19-10-11-22(26)17-24(19)33(31,32)27-23-9-5-8-21(16-23)25(30)29-14-12-28(13-15-29)18-20-6-3-2-4-7-20/h2-11,16-17H,12-15,18H2,1H3/q-1/p+1. The van der Waals surface area contributed by atoms with Crippen molar-refractivity contribution in [1.29, 1.82) is 0 Å². The van der Waals surface area contributed by atoms with Gasteiger partial charge in [-0.25, -0.2) is 12.8 Å². The Kier molecular flexibility index (Phi) is 6.76. The molecular formula is C25H26FN3O3S. The smallest absolute Gasteiger partial charge is 0.254 e. The summed E-state index contributed by atoms with van der Waals surface area (Å²) in [5.41, 5.74) is 2.20. The van der Waals surface area contributed by atoms with Gasteiger partial charge in [-0.1, -0.05) is 54.6 Å². The predicted octanol–water partition coefficient (Wildman–Crippen LogP) is 3.07. The third-order valence-corrected chi connectivity index (χ3v) is 7.25. The number of benzene rings is 3. The quantitative estimate of drug-likeness (QED) is 0.606. The maximum Gasteiger partial charge on any atom is 0.254 e. The van der Waals surface area contributed by atoms with Gasteiger partial charge in [0.15, 0.2) is 0 Å². The molecule has 1 saturated heterocycles. The molecule has 8 heteroatoms. The zero-order valence-corrected chi connectivity index (χ0v) is 19.2. The summed E-state index contributed by atoms with van der Waals surface area (Å²) in [5, 5.41) is 0. The summed E-state index contributed by atoms with van der Waals surface area (Å²) < 4.78 is 42.8. The first-order chi connectivity index (χ1) is 15.8. The first-order valence-corrected chi connectivity index (χ1v) is 12.3. The van der Waals surface area contributed by atoms with Crippen LogP contribution in [0.5, 0.6) is 0 Å². The minimum absolute atomic E-state index is 0.137. The van der Waals surface area contributed by atoms with Gasteiger partial charge in [0.25, 0.3) is 5.91 Å². The molecule has 1 fully saturated rings. The van der Waals surface area contributed by atoms with Crippen molar-refractivity contribution in [2.75, 3.05) is 26.2 Å². The van der Waals surface area contributed by atoms with E-state index in [1.807, 2.05) is 18.2 Å². The van der Waals surface area contributed by atoms with Crippen LogP contribution < -0.4 is 4.90 Å². The van der Waals surface area contributed by atoms with Gasteiger partial charge in [0, 0.05) is 11.1 Å². The molecule has 0 bridgehead atoms. The Morgan fingerprint density at radius 1 is 1.00 bits per heavy atom. The second-order valence-electron chi connectivity index (χ2n) is 8.23. The van der Waals surface area contributed by atoms with E-state index in [1.54, 1.807) is 24.0 Å². The van der Waals surface area contributed by atoms with Crippen LogP contribution in [-0.4, -0.2) is 45.4 Å². The Morgan fingerprint density at radius 2 is 1.73 bits per heavy atom. The summed E-state index contributed by atoms with van der Waals surface area (Å²) in [7, 11) is -4.11. The van der Waals surface area contributed by atoms with E-state index in [-0.39, 0.29) is 16.5 Å². The van der Waals surface area contributed by atoms with Gasteiger partial charge in [-0.3, -0.25) is 4.79 Å². The summed E-state index contributed by atoms with van der Waals surface area (Å²) in [5.74, 6) is -0.794. The first-order valence-electron chi connectivity index (χ1n) is 10.8. The summed E-state index contributed by atoms with van der Waals surface area (Å²) in [4.78, 5) is 16.1. The van der Waals surface area contributed by atoms with Crippen LogP contribution in [0.25, 0.3) is 4.72 Å². The highest BCUT2D eigenvalue weighted by atomic mass is 32.2. The number of quaternary nitrogens is 1. The van der Waals surface area contributed by atoms with E-state index in [0.717, 1.165) is 25.7 Å². The van der Waals surface area contributed by atoms with E-state index in [1.165, 1.54) is 34.7 Å². The average Bonchev–Trinajstić information content (AvgIpc) is 2.81. The molecule has 172 valence electrons. The van der Waals surface area contributed by atoms with Gasteiger partial charge in [0.05, 0.1) is 31.1 Å². The number of carbonyl (C=O) groups is 1. The van der Waals surface area contributed by atoms with E-state index in [9.17, 15) is 17.6 Å². The van der Waals surface area contributed by atoms with Gasteiger partial charge in [0.2, 0.25) is 0 Å². The number of amides is 1. The lowest BCUT2D eigenvalue weighted by molar-refractivity contribution is -0.917. The summed E-state index contributed by atoms with van der Waals surface area (Å²) >= 11 is 0. The monoisotopic (exact) mass is 467 g/mol. The third-order valence-electron chi connectivity index (χ3n) is 5.80. The van der Waals surface area contributed by atoms with Crippen LogP contribution in [0.2, 0.25) is 0 Å². The maximum absolute atomic E-state index is 13.6. The molecule has 4 rings (SSSR count). The molecule has 1 amide bonds. The molecule has 0 saturated carbocycles. The summed E-state index contributed by atoms with van der Waals surface area (Å²) in [6.45, 7) is 5.46. The Labute approximate surface area is 193 Å². The fourth-order valence-corrected chi connectivity index (χ4v) is 5.23. The number of sulfonamides is 1.